The van der Waals surface area contributed by atoms with E-state index in [0.717, 1.165) is 12.1 Å². The normalized spacial score (nSPS) is 9.94. The highest BCUT2D eigenvalue weighted by Crippen LogP contribution is 2.34. The van der Waals surface area contributed by atoms with Gasteiger partial charge in [0.2, 0.25) is 0 Å². The molecule has 0 aliphatic heterocycles. The summed E-state index contributed by atoms with van der Waals surface area (Å²) in [7, 11) is 0. The van der Waals surface area contributed by atoms with Crippen LogP contribution in [0.5, 0.6) is 11.5 Å². The van der Waals surface area contributed by atoms with Crippen molar-refractivity contribution in [2.75, 3.05) is 0 Å². The summed E-state index contributed by atoms with van der Waals surface area (Å²) >= 11 is 0. The van der Waals surface area contributed by atoms with E-state index in [0.29, 0.717) is 0 Å². The van der Waals surface area contributed by atoms with Crippen LogP contribution in [0.15, 0.2) is 22.7 Å². The van der Waals surface area contributed by atoms with Crippen LogP contribution in [0.2, 0.25) is 0 Å². The van der Waals surface area contributed by atoms with Crippen molar-refractivity contribution in [3.63, 3.8) is 0 Å². The van der Waals surface area contributed by atoms with Gasteiger partial charge in [0.05, 0.1) is 11.1 Å². The quantitative estimate of drug-likeness (QED) is 0.728. The van der Waals surface area contributed by atoms with Crippen molar-refractivity contribution < 1.29 is 24.6 Å². The van der Waals surface area contributed by atoms with Gasteiger partial charge < -0.3 is 19.8 Å². The minimum Gasteiger partial charge on any atom is -0.507 e. The average Bonchev–Trinajstić information content (AvgIpc) is 2.78. The first-order valence-corrected chi connectivity index (χ1v) is 4.69. The van der Waals surface area contributed by atoms with Gasteiger partial charge in [-0.15, -0.1) is 0 Å². The summed E-state index contributed by atoms with van der Waals surface area (Å²) in [6.07, 6.45) is 0. The van der Waals surface area contributed by atoms with Gasteiger partial charge in [-0.25, -0.2) is 4.79 Å². The van der Waals surface area contributed by atoms with Crippen LogP contribution in [0.4, 0.5) is 0 Å². The molecule has 0 fully saturated rings. The highest BCUT2D eigenvalue weighted by atomic mass is 16.5. The van der Waals surface area contributed by atoms with Crippen molar-refractivity contribution in [2.24, 2.45) is 0 Å². The fourth-order valence-corrected chi connectivity index (χ4v) is 1.37. The first kappa shape index (κ1) is 11.5. The summed E-state index contributed by atoms with van der Waals surface area (Å²) in [6.45, 7) is 0. The zero-order valence-electron chi connectivity index (χ0n) is 8.78. The molecule has 0 aliphatic rings. The predicted octanol–water partition coefficient (Wildman–Crippen LogP) is 1.32. The summed E-state index contributed by atoms with van der Waals surface area (Å²) in [5.74, 6) is -2.01. The van der Waals surface area contributed by atoms with Gasteiger partial charge in [0, 0.05) is 12.1 Å². The maximum atomic E-state index is 10.6. The smallest absolute Gasteiger partial charge is 0.358 e. The molecule has 0 saturated carbocycles. The van der Waals surface area contributed by atoms with Crippen LogP contribution < -0.4 is 0 Å². The summed E-state index contributed by atoms with van der Waals surface area (Å²) in [6, 6.07) is 4.98. The third kappa shape index (κ3) is 1.82. The molecule has 0 bridgehead atoms. The van der Waals surface area contributed by atoms with E-state index in [4.69, 9.17) is 14.9 Å². The first-order valence-electron chi connectivity index (χ1n) is 4.69. The number of aromatic nitrogens is 1. The van der Waals surface area contributed by atoms with Crippen molar-refractivity contribution in [3.05, 3.63) is 29.5 Å². The Morgan fingerprint density at radius 1 is 1.28 bits per heavy atom. The van der Waals surface area contributed by atoms with E-state index < -0.39 is 5.97 Å². The molecule has 1 aromatic heterocycles. The molecule has 0 unspecified atom stereocenters. The van der Waals surface area contributed by atoms with Crippen LogP contribution in [-0.4, -0.2) is 26.4 Å². The van der Waals surface area contributed by atoms with Crippen LogP contribution in [0.3, 0.4) is 0 Å². The minimum atomic E-state index is -1.27. The van der Waals surface area contributed by atoms with Crippen LogP contribution in [0.1, 0.15) is 16.1 Å². The highest BCUT2D eigenvalue weighted by Gasteiger charge is 2.17. The number of hydrogen-bond acceptors (Lipinski definition) is 6. The number of phenols is 2. The van der Waals surface area contributed by atoms with Crippen LogP contribution in [0.25, 0.3) is 11.3 Å². The molecule has 1 heterocycles. The minimum absolute atomic E-state index is 0.0126. The van der Waals surface area contributed by atoms with Gasteiger partial charge in [0.25, 0.3) is 0 Å². The fraction of sp³-hybridized carbons (Fsp3) is 0. The van der Waals surface area contributed by atoms with Crippen LogP contribution in [-0.2, 0) is 0 Å². The largest absolute Gasteiger partial charge is 0.507 e. The van der Waals surface area contributed by atoms with Gasteiger partial charge in [-0.1, -0.05) is 5.16 Å². The summed E-state index contributed by atoms with van der Waals surface area (Å²) in [4.78, 5) is 10.6. The third-order valence-electron chi connectivity index (χ3n) is 2.23. The number of aromatic carboxylic acids is 1. The lowest BCUT2D eigenvalue weighted by Gasteiger charge is -2.02. The fourth-order valence-electron chi connectivity index (χ4n) is 1.37. The molecule has 0 saturated heterocycles. The highest BCUT2D eigenvalue weighted by molar-refractivity contribution is 5.87. The molecular weight excluding hydrogens is 240 g/mol. The van der Waals surface area contributed by atoms with Crippen LogP contribution >= 0.6 is 0 Å². The molecule has 18 heavy (non-hydrogen) atoms. The summed E-state index contributed by atoms with van der Waals surface area (Å²) in [5, 5.41) is 39.6. The molecule has 0 spiro atoms. The van der Waals surface area contributed by atoms with Crippen molar-refractivity contribution >= 4 is 5.97 Å². The van der Waals surface area contributed by atoms with E-state index in [9.17, 15) is 15.0 Å². The summed E-state index contributed by atoms with van der Waals surface area (Å²) < 4.78 is 4.75. The van der Waals surface area contributed by atoms with E-state index in [2.05, 4.69) is 5.16 Å². The Balaban J connectivity index is 2.56. The number of phenolic OH excluding ortho intramolecular Hbond substituents is 2. The molecule has 1 aromatic carbocycles. The van der Waals surface area contributed by atoms with E-state index in [1.807, 2.05) is 0 Å². The number of aromatic hydroxyl groups is 2. The molecule has 0 aliphatic carbocycles. The SMILES string of the molecule is N#Cc1cc(-c2cc(C(=O)O)no2)c(O)cc1O. The zero-order chi connectivity index (χ0) is 13.3. The molecule has 7 heteroatoms. The molecule has 3 N–H and O–H groups in total. The van der Waals surface area contributed by atoms with Gasteiger partial charge in [-0.05, 0) is 6.07 Å². The first-order chi connectivity index (χ1) is 8.52. The monoisotopic (exact) mass is 246 g/mol. The van der Waals surface area contributed by atoms with E-state index >= 15 is 0 Å². The lowest BCUT2D eigenvalue weighted by atomic mass is 10.1. The Morgan fingerprint density at radius 3 is 2.56 bits per heavy atom. The Kier molecular flexibility index (Phi) is 2.61. The molecule has 2 aromatic rings. The second kappa shape index (κ2) is 4.10. The zero-order valence-corrected chi connectivity index (χ0v) is 8.78. The van der Waals surface area contributed by atoms with Crippen molar-refractivity contribution in [2.45, 2.75) is 0 Å². The second-order valence-corrected chi connectivity index (χ2v) is 3.38. The summed E-state index contributed by atoms with van der Waals surface area (Å²) in [5.41, 5.74) is -0.323. The lowest BCUT2D eigenvalue weighted by Crippen LogP contribution is -1.94. The topological polar surface area (TPSA) is 128 Å². The van der Waals surface area contributed by atoms with Gasteiger partial charge in [0.1, 0.15) is 17.6 Å². The van der Waals surface area contributed by atoms with E-state index in [1.54, 1.807) is 6.07 Å². The number of hydrogen-bond donors (Lipinski definition) is 3. The Labute approximate surface area is 100 Å². The molecule has 0 radical (unpaired) electrons. The molecule has 0 atom stereocenters. The molecule has 7 nitrogen and oxygen atoms in total. The standard InChI is InChI=1S/C11H6N2O5/c12-4-5-1-6(9(15)3-8(5)14)10-2-7(11(16)17)13-18-10/h1-3,14-15H,(H,16,17). The number of nitrogens with zero attached hydrogens (tertiary/aromatic N) is 2. The van der Waals surface area contributed by atoms with Gasteiger partial charge in [0.15, 0.2) is 11.5 Å². The molecular formula is C11H6N2O5. The molecule has 2 rings (SSSR count). The second-order valence-electron chi connectivity index (χ2n) is 3.38. The number of nitriles is 1. The number of carbonyl (C=O) groups is 1. The third-order valence-corrected chi connectivity index (χ3v) is 2.23. The maximum absolute atomic E-state index is 10.6. The van der Waals surface area contributed by atoms with Gasteiger partial charge in [-0.3, -0.25) is 0 Å². The number of rotatable bonds is 2. The number of carboxylic acid groups (broad SMARTS) is 1. The number of carboxylic acids is 1. The van der Waals surface area contributed by atoms with Gasteiger partial charge in [-0.2, -0.15) is 5.26 Å². The Morgan fingerprint density at radius 2 is 2.00 bits per heavy atom. The van der Waals surface area contributed by atoms with Gasteiger partial charge >= 0.3 is 5.97 Å². The van der Waals surface area contributed by atoms with E-state index in [1.165, 1.54) is 6.07 Å². The average molecular weight is 246 g/mol. The van der Waals surface area contributed by atoms with Crippen LogP contribution in [0, 0.1) is 11.3 Å². The van der Waals surface area contributed by atoms with Crippen molar-refractivity contribution in [1.29, 1.82) is 5.26 Å². The van der Waals surface area contributed by atoms with Crippen molar-refractivity contribution in [3.8, 4) is 28.9 Å². The predicted molar refractivity (Wildman–Crippen MR) is 56.9 cm³/mol. The maximum Gasteiger partial charge on any atom is 0.358 e. The van der Waals surface area contributed by atoms with E-state index in [-0.39, 0.29) is 34.1 Å². The Bertz CT molecular complexity index is 669. The molecule has 0 amide bonds. The molecule has 90 valence electrons. The van der Waals surface area contributed by atoms with Crippen molar-refractivity contribution in [1.82, 2.24) is 5.16 Å². The Hall–Kier alpha value is -3.01. The number of benzene rings is 1. The lowest BCUT2D eigenvalue weighted by molar-refractivity contribution is 0.0686.